The molecule has 1 atom stereocenters. The Bertz CT molecular complexity index is 701. The lowest BCUT2D eigenvalue weighted by atomic mass is 9.77. The molecule has 3 N–H and O–H groups in total. The number of nitrogens with zero attached hydrogens (tertiary/aromatic N) is 3. The van der Waals surface area contributed by atoms with Gasteiger partial charge in [0.15, 0.2) is 5.65 Å². The SMILES string of the molecule is Cc1nc(NCC2NCCCC2(C)C)cc2n[nH]c(=O)n12. The maximum atomic E-state index is 11.6. The first-order valence-electron chi connectivity index (χ1n) is 7.39. The number of fused-ring (bicyclic) bond motifs is 1. The molecule has 1 saturated heterocycles. The Morgan fingerprint density at radius 2 is 2.33 bits per heavy atom. The largest absolute Gasteiger partial charge is 0.368 e. The van der Waals surface area contributed by atoms with Gasteiger partial charge in [-0.15, -0.1) is 0 Å². The fourth-order valence-electron chi connectivity index (χ4n) is 3.01. The molecule has 1 unspecified atom stereocenters. The van der Waals surface area contributed by atoms with Crippen LogP contribution in [-0.2, 0) is 0 Å². The van der Waals surface area contributed by atoms with Crippen molar-refractivity contribution in [3.63, 3.8) is 0 Å². The highest BCUT2D eigenvalue weighted by atomic mass is 16.1. The van der Waals surface area contributed by atoms with E-state index in [9.17, 15) is 4.79 Å². The molecule has 3 rings (SSSR count). The molecule has 1 aliphatic rings. The first kappa shape index (κ1) is 14.1. The maximum absolute atomic E-state index is 11.6. The Morgan fingerprint density at radius 1 is 1.52 bits per heavy atom. The molecule has 0 saturated carbocycles. The number of nitrogens with one attached hydrogen (secondary N) is 3. The Balaban J connectivity index is 1.78. The fraction of sp³-hybridized carbons (Fsp3) is 0.643. The van der Waals surface area contributed by atoms with E-state index in [1.54, 1.807) is 13.0 Å². The van der Waals surface area contributed by atoms with Gasteiger partial charge in [-0.05, 0) is 31.7 Å². The molecule has 1 fully saturated rings. The van der Waals surface area contributed by atoms with Crippen molar-refractivity contribution in [3.8, 4) is 0 Å². The highest BCUT2D eigenvalue weighted by Crippen LogP contribution is 2.30. The van der Waals surface area contributed by atoms with E-state index in [0.29, 0.717) is 17.5 Å². The van der Waals surface area contributed by atoms with Gasteiger partial charge in [0, 0.05) is 18.7 Å². The number of piperidine rings is 1. The van der Waals surface area contributed by atoms with Crippen LogP contribution in [0.2, 0.25) is 0 Å². The van der Waals surface area contributed by atoms with Crippen molar-refractivity contribution in [1.29, 1.82) is 0 Å². The lowest BCUT2D eigenvalue weighted by Crippen LogP contribution is -2.50. The van der Waals surface area contributed by atoms with Crippen LogP contribution in [0.25, 0.3) is 5.65 Å². The zero-order valence-electron chi connectivity index (χ0n) is 12.7. The smallest absolute Gasteiger partial charge is 0.349 e. The molecule has 7 nitrogen and oxygen atoms in total. The van der Waals surface area contributed by atoms with E-state index in [-0.39, 0.29) is 11.1 Å². The van der Waals surface area contributed by atoms with Crippen LogP contribution in [0.1, 0.15) is 32.5 Å². The molecule has 0 aliphatic carbocycles. The molecule has 21 heavy (non-hydrogen) atoms. The molecule has 2 aromatic rings. The second-order valence-electron chi connectivity index (χ2n) is 6.39. The van der Waals surface area contributed by atoms with Gasteiger partial charge in [0.2, 0.25) is 0 Å². The summed E-state index contributed by atoms with van der Waals surface area (Å²) in [6.45, 7) is 8.26. The third-order valence-corrected chi connectivity index (χ3v) is 4.39. The molecule has 0 aromatic carbocycles. The number of anilines is 1. The molecule has 3 heterocycles. The molecule has 1 aliphatic heterocycles. The minimum Gasteiger partial charge on any atom is -0.368 e. The molecule has 0 amide bonds. The van der Waals surface area contributed by atoms with Gasteiger partial charge in [0.25, 0.3) is 0 Å². The van der Waals surface area contributed by atoms with Crippen molar-refractivity contribution < 1.29 is 0 Å². The predicted molar refractivity (Wildman–Crippen MR) is 81.6 cm³/mol. The van der Waals surface area contributed by atoms with Gasteiger partial charge >= 0.3 is 5.69 Å². The predicted octanol–water partition coefficient (Wildman–Crippen LogP) is 0.916. The van der Waals surface area contributed by atoms with Crippen molar-refractivity contribution in [3.05, 3.63) is 22.4 Å². The summed E-state index contributed by atoms with van der Waals surface area (Å²) >= 11 is 0. The minimum atomic E-state index is -0.253. The van der Waals surface area contributed by atoms with Crippen LogP contribution in [0, 0.1) is 12.3 Å². The summed E-state index contributed by atoms with van der Waals surface area (Å²) in [5, 5.41) is 13.4. The Labute approximate surface area is 123 Å². The zero-order chi connectivity index (χ0) is 15.0. The van der Waals surface area contributed by atoms with Gasteiger partial charge < -0.3 is 10.6 Å². The van der Waals surface area contributed by atoms with Crippen LogP contribution in [0.5, 0.6) is 0 Å². The van der Waals surface area contributed by atoms with E-state index in [2.05, 4.69) is 39.7 Å². The van der Waals surface area contributed by atoms with Crippen molar-refractivity contribution >= 4 is 11.5 Å². The molecule has 0 radical (unpaired) electrons. The van der Waals surface area contributed by atoms with E-state index < -0.39 is 0 Å². The van der Waals surface area contributed by atoms with E-state index in [1.807, 2.05) is 0 Å². The summed E-state index contributed by atoms with van der Waals surface area (Å²) < 4.78 is 1.47. The van der Waals surface area contributed by atoms with Crippen LogP contribution >= 0.6 is 0 Å². The number of rotatable bonds is 3. The van der Waals surface area contributed by atoms with Gasteiger partial charge in [-0.25, -0.2) is 19.3 Å². The Kier molecular flexibility index (Phi) is 3.44. The molecule has 0 bridgehead atoms. The van der Waals surface area contributed by atoms with Crippen LogP contribution in [0.3, 0.4) is 0 Å². The summed E-state index contributed by atoms with van der Waals surface area (Å²) in [5.41, 5.74) is 0.607. The molecule has 114 valence electrons. The number of aromatic nitrogens is 4. The third-order valence-electron chi connectivity index (χ3n) is 4.39. The molecule has 0 spiro atoms. The highest BCUT2D eigenvalue weighted by molar-refractivity contribution is 5.49. The first-order valence-corrected chi connectivity index (χ1v) is 7.39. The van der Waals surface area contributed by atoms with Crippen LogP contribution < -0.4 is 16.3 Å². The second kappa shape index (κ2) is 5.14. The van der Waals surface area contributed by atoms with Gasteiger partial charge in [0.1, 0.15) is 11.6 Å². The highest BCUT2D eigenvalue weighted by Gasteiger charge is 2.31. The number of H-pyrrole nitrogens is 1. The summed E-state index contributed by atoms with van der Waals surface area (Å²) in [7, 11) is 0. The molecule has 7 heteroatoms. The molecule has 2 aromatic heterocycles. The van der Waals surface area contributed by atoms with Crippen LogP contribution in [0.4, 0.5) is 5.82 Å². The standard InChI is InChI=1S/C14H22N6O/c1-9-17-11(7-12-18-19-13(21)20(9)12)16-8-10-14(2,3)5-4-6-15-10/h7,10,15-16H,4-6,8H2,1-3H3,(H,19,21). The number of aryl methyl sites for hydroxylation is 1. The molecular formula is C14H22N6O. The summed E-state index contributed by atoms with van der Waals surface area (Å²) in [4.78, 5) is 16.0. The number of hydrogen-bond donors (Lipinski definition) is 3. The number of hydrogen-bond acceptors (Lipinski definition) is 5. The van der Waals surface area contributed by atoms with Gasteiger partial charge in [-0.3, -0.25) is 0 Å². The van der Waals surface area contributed by atoms with E-state index in [4.69, 9.17) is 0 Å². The number of aromatic amines is 1. The average Bonchev–Trinajstić information content (AvgIpc) is 2.79. The van der Waals surface area contributed by atoms with Gasteiger partial charge in [-0.1, -0.05) is 13.8 Å². The van der Waals surface area contributed by atoms with Crippen molar-refractivity contribution in [2.45, 2.75) is 39.7 Å². The summed E-state index contributed by atoms with van der Waals surface area (Å²) in [6, 6.07) is 2.20. The van der Waals surface area contributed by atoms with Crippen LogP contribution in [-0.4, -0.2) is 38.7 Å². The van der Waals surface area contributed by atoms with Crippen molar-refractivity contribution in [1.82, 2.24) is 24.9 Å². The lowest BCUT2D eigenvalue weighted by Gasteiger charge is -2.39. The monoisotopic (exact) mass is 290 g/mol. The second-order valence-corrected chi connectivity index (χ2v) is 6.39. The first-order chi connectivity index (χ1) is 9.97. The quantitative estimate of drug-likeness (QED) is 0.782. The van der Waals surface area contributed by atoms with Gasteiger partial charge in [-0.2, -0.15) is 5.10 Å². The van der Waals surface area contributed by atoms with E-state index in [0.717, 1.165) is 18.9 Å². The van der Waals surface area contributed by atoms with Crippen LogP contribution in [0.15, 0.2) is 10.9 Å². The van der Waals surface area contributed by atoms with E-state index >= 15 is 0 Å². The Morgan fingerprint density at radius 3 is 3.10 bits per heavy atom. The lowest BCUT2D eigenvalue weighted by molar-refractivity contribution is 0.188. The minimum absolute atomic E-state index is 0.253. The summed E-state index contributed by atoms with van der Waals surface area (Å²) in [6.07, 6.45) is 2.45. The topological polar surface area (TPSA) is 87.1 Å². The Hall–Kier alpha value is -1.89. The van der Waals surface area contributed by atoms with Crippen molar-refractivity contribution in [2.75, 3.05) is 18.4 Å². The maximum Gasteiger partial charge on any atom is 0.349 e. The third kappa shape index (κ3) is 2.65. The molecular weight excluding hydrogens is 268 g/mol. The fourth-order valence-corrected chi connectivity index (χ4v) is 3.01. The zero-order valence-corrected chi connectivity index (χ0v) is 12.7. The van der Waals surface area contributed by atoms with Crippen molar-refractivity contribution in [2.24, 2.45) is 5.41 Å². The average molecular weight is 290 g/mol. The summed E-state index contributed by atoms with van der Waals surface area (Å²) in [5.74, 6) is 1.38. The van der Waals surface area contributed by atoms with E-state index in [1.165, 1.54) is 17.2 Å². The van der Waals surface area contributed by atoms with Gasteiger partial charge in [0.05, 0.1) is 0 Å². The normalized spacial score (nSPS) is 21.6.